The van der Waals surface area contributed by atoms with Gasteiger partial charge in [0.25, 0.3) is 0 Å². The van der Waals surface area contributed by atoms with Crippen LogP contribution in [-0.2, 0) is 4.79 Å². The van der Waals surface area contributed by atoms with Crippen LogP contribution in [0.3, 0.4) is 0 Å². The van der Waals surface area contributed by atoms with Crippen molar-refractivity contribution in [1.82, 2.24) is 5.32 Å². The lowest BCUT2D eigenvalue weighted by atomic mass is 9.97. The van der Waals surface area contributed by atoms with Gasteiger partial charge >= 0.3 is 0 Å². The van der Waals surface area contributed by atoms with Crippen molar-refractivity contribution in [2.45, 2.75) is 25.8 Å². The number of rotatable bonds is 5. The molecular formula is C18H22N2O. The Balaban J connectivity index is 2.11. The first-order chi connectivity index (χ1) is 10.1. The quantitative estimate of drug-likeness (QED) is 0.886. The number of amides is 1. The highest BCUT2D eigenvalue weighted by molar-refractivity contribution is 5.84. The van der Waals surface area contributed by atoms with E-state index in [4.69, 9.17) is 5.73 Å². The van der Waals surface area contributed by atoms with Crippen molar-refractivity contribution in [2.75, 3.05) is 6.54 Å². The monoisotopic (exact) mass is 282 g/mol. The van der Waals surface area contributed by atoms with E-state index in [1.165, 1.54) is 5.56 Å². The van der Waals surface area contributed by atoms with Gasteiger partial charge in [-0.25, -0.2) is 0 Å². The molecule has 0 aliphatic rings. The fourth-order valence-electron chi connectivity index (χ4n) is 2.54. The topological polar surface area (TPSA) is 55.1 Å². The molecule has 0 aliphatic heterocycles. The molecule has 0 bridgehead atoms. The summed E-state index contributed by atoms with van der Waals surface area (Å²) in [7, 11) is 0. The Morgan fingerprint density at radius 3 is 2.33 bits per heavy atom. The normalized spacial score (nSPS) is 13.5. The van der Waals surface area contributed by atoms with Gasteiger partial charge in [0.15, 0.2) is 0 Å². The van der Waals surface area contributed by atoms with Crippen molar-refractivity contribution in [3.8, 4) is 0 Å². The van der Waals surface area contributed by atoms with E-state index in [9.17, 15) is 4.79 Å². The lowest BCUT2D eigenvalue weighted by molar-refractivity contribution is -0.123. The van der Waals surface area contributed by atoms with Crippen molar-refractivity contribution >= 4 is 5.91 Å². The maximum atomic E-state index is 12.5. The molecule has 0 heterocycles. The van der Waals surface area contributed by atoms with Gasteiger partial charge in [-0.2, -0.15) is 0 Å². The smallest absolute Gasteiger partial charge is 0.229 e. The number of carbonyl (C=O) groups is 1. The summed E-state index contributed by atoms with van der Waals surface area (Å²) in [5.74, 6) is -0.336. The van der Waals surface area contributed by atoms with Gasteiger partial charge in [-0.05, 0) is 30.5 Å². The van der Waals surface area contributed by atoms with Crippen molar-refractivity contribution < 1.29 is 4.79 Å². The molecule has 2 aromatic rings. The number of benzene rings is 2. The summed E-state index contributed by atoms with van der Waals surface area (Å²) in [6, 6.07) is 17.7. The fourth-order valence-corrected chi connectivity index (χ4v) is 2.54. The zero-order valence-corrected chi connectivity index (χ0v) is 12.5. The maximum absolute atomic E-state index is 12.5. The van der Waals surface area contributed by atoms with E-state index < -0.39 is 0 Å². The molecule has 3 nitrogen and oxygen atoms in total. The Bertz CT molecular complexity index is 595. The SMILES string of the molecule is Cc1ccccc1[C@H](C)NC(=O)C(CN)c1ccccc1. The van der Waals surface area contributed by atoms with Crippen molar-refractivity contribution in [3.63, 3.8) is 0 Å². The van der Waals surface area contributed by atoms with Crippen molar-refractivity contribution in [3.05, 3.63) is 71.3 Å². The lowest BCUT2D eigenvalue weighted by Crippen LogP contribution is -2.35. The Hall–Kier alpha value is -2.13. The minimum Gasteiger partial charge on any atom is -0.349 e. The van der Waals surface area contributed by atoms with Crippen LogP contribution in [0.4, 0.5) is 0 Å². The predicted octanol–water partition coefficient (Wildman–Crippen LogP) is 2.91. The van der Waals surface area contributed by atoms with Gasteiger partial charge in [0, 0.05) is 6.54 Å². The van der Waals surface area contributed by atoms with Crippen LogP contribution in [0.5, 0.6) is 0 Å². The van der Waals surface area contributed by atoms with Crippen LogP contribution >= 0.6 is 0 Å². The number of aryl methyl sites for hydroxylation is 1. The summed E-state index contributed by atoms with van der Waals surface area (Å²) < 4.78 is 0. The van der Waals surface area contributed by atoms with Crippen molar-refractivity contribution in [2.24, 2.45) is 5.73 Å². The molecule has 0 fully saturated rings. The third-order valence-corrected chi connectivity index (χ3v) is 3.77. The van der Waals surface area contributed by atoms with Gasteiger partial charge in [-0.1, -0.05) is 54.6 Å². The van der Waals surface area contributed by atoms with E-state index >= 15 is 0 Å². The molecule has 0 radical (unpaired) electrons. The van der Waals surface area contributed by atoms with E-state index in [2.05, 4.69) is 18.3 Å². The molecular weight excluding hydrogens is 260 g/mol. The van der Waals surface area contributed by atoms with Crippen molar-refractivity contribution in [1.29, 1.82) is 0 Å². The van der Waals surface area contributed by atoms with Crippen LogP contribution in [0.2, 0.25) is 0 Å². The Morgan fingerprint density at radius 1 is 1.10 bits per heavy atom. The summed E-state index contributed by atoms with van der Waals surface area (Å²) >= 11 is 0. The Kier molecular flexibility index (Phi) is 5.12. The Morgan fingerprint density at radius 2 is 1.71 bits per heavy atom. The summed E-state index contributed by atoms with van der Waals surface area (Å²) in [5, 5.41) is 3.07. The molecule has 2 aromatic carbocycles. The van der Waals surface area contributed by atoms with Gasteiger partial charge in [0.2, 0.25) is 5.91 Å². The maximum Gasteiger partial charge on any atom is 0.229 e. The second-order valence-electron chi connectivity index (χ2n) is 5.29. The number of nitrogens with two attached hydrogens (primary N) is 1. The van der Waals surface area contributed by atoms with Crippen LogP contribution in [0.15, 0.2) is 54.6 Å². The molecule has 3 heteroatoms. The predicted molar refractivity (Wildman–Crippen MR) is 86.0 cm³/mol. The molecule has 1 unspecified atom stereocenters. The summed E-state index contributed by atoms with van der Waals surface area (Å²) in [5.41, 5.74) is 9.05. The molecule has 0 aromatic heterocycles. The van der Waals surface area contributed by atoms with E-state index in [1.807, 2.05) is 55.5 Å². The molecule has 3 N–H and O–H groups in total. The van der Waals surface area contributed by atoms with E-state index in [1.54, 1.807) is 0 Å². The third-order valence-electron chi connectivity index (χ3n) is 3.77. The second kappa shape index (κ2) is 7.04. The van der Waals surface area contributed by atoms with Gasteiger partial charge in [0.05, 0.1) is 12.0 Å². The molecule has 1 amide bonds. The first-order valence-electron chi connectivity index (χ1n) is 7.24. The average molecular weight is 282 g/mol. The minimum atomic E-state index is -0.308. The third kappa shape index (κ3) is 3.70. The molecule has 2 rings (SSSR count). The van der Waals surface area contributed by atoms with E-state index in [0.717, 1.165) is 11.1 Å². The fraction of sp³-hybridized carbons (Fsp3) is 0.278. The van der Waals surface area contributed by atoms with Crippen LogP contribution in [0.1, 0.15) is 35.6 Å². The standard InChI is InChI=1S/C18H22N2O/c1-13-8-6-7-11-16(13)14(2)20-18(21)17(12-19)15-9-4-3-5-10-15/h3-11,14,17H,12,19H2,1-2H3,(H,20,21)/t14-,17?/m0/s1. The highest BCUT2D eigenvalue weighted by Crippen LogP contribution is 2.20. The Labute approximate surface area is 126 Å². The average Bonchev–Trinajstić information content (AvgIpc) is 2.49. The van der Waals surface area contributed by atoms with Gasteiger partial charge < -0.3 is 11.1 Å². The lowest BCUT2D eigenvalue weighted by Gasteiger charge is -2.21. The van der Waals surface area contributed by atoms with Crippen LogP contribution < -0.4 is 11.1 Å². The highest BCUT2D eigenvalue weighted by Gasteiger charge is 2.21. The van der Waals surface area contributed by atoms with Gasteiger partial charge in [0.1, 0.15) is 0 Å². The zero-order chi connectivity index (χ0) is 15.2. The minimum absolute atomic E-state index is 0.0283. The number of nitrogens with one attached hydrogen (secondary N) is 1. The summed E-state index contributed by atoms with van der Waals surface area (Å²) in [6.45, 7) is 4.35. The molecule has 2 atom stereocenters. The number of carbonyl (C=O) groups excluding carboxylic acids is 1. The van der Waals surface area contributed by atoms with E-state index in [0.29, 0.717) is 6.54 Å². The molecule has 0 saturated carbocycles. The molecule has 0 saturated heterocycles. The summed E-state index contributed by atoms with van der Waals surface area (Å²) in [6.07, 6.45) is 0. The molecule has 0 spiro atoms. The van der Waals surface area contributed by atoms with Gasteiger partial charge in [-0.15, -0.1) is 0 Å². The number of hydrogen-bond acceptors (Lipinski definition) is 2. The zero-order valence-electron chi connectivity index (χ0n) is 12.5. The number of hydrogen-bond donors (Lipinski definition) is 2. The van der Waals surface area contributed by atoms with Crippen LogP contribution in [0.25, 0.3) is 0 Å². The largest absolute Gasteiger partial charge is 0.349 e. The molecule has 0 aliphatic carbocycles. The van der Waals surface area contributed by atoms with Crippen LogP contribution in [-0.4, -0.2) is 12.5 Å². The molecule has 21 heavy (non-hydrogen) atoms. The first-order valence-corrected chi connectivity index (χ1v) is 7.24. The van der Waals surface area contributed by atoms with Gasteiger partial charge in [-0.3, -0.25) is 4.79 Å². The molecule has 110 valence electrons. The first kappa shape index (κ1) is 15.3. The summed E-state index contributed by atoms with van der Waals surface area (Å²) in [4.78, 5) is 12.5. The van der Waals surface area contributed by atoms with E-state index in [-0.39, 0.29) is 17.9 Å². The highest BCUT2D eigenvalue weighted by atomic mass is 16.1. The van der Waals surface area contributed by atoms with Crippen LogP contribution in [0, 0.1) is 6.92 Å². The second-order valence-corrected chi connectivity index (χ2v) is 5.29.